The summed E-state index contributed by atoms with van der Waals surface area (Å²) in [6, 6.07) is 8.70. The molecule has 0 heterocycles. The summed E-state index contributed by atoms with van der Waals surface area (Å²) in [5.41, 5.74) is 0.718. The minimum Gasteiger partial charge on any atom is -0.443 e. The number of amides is 1. The third-order valence-corrected chi connectivity index (χ3v) is 1.59. The summed E-state index contributed by atoms with van der Waals surface area (Å²) in [6.07, 6.45) is -5.92. The van der Waals surface area contributed by atoms with Crippen molar-refractivity contribution in [2.75, 3.05) is 0 Å². The van der Waals surface area contributed by atoms with Crippen molar-refractivity contribution < 1.29 is 22.7 Å². The van der Waals surface area contributed by atoms with Gasteiger partial charge in [0.2, 0.25) is 0 Å². The molecule has 0 saturated heterocycles. The Labute approximate surface area is 95.2 Å². The Balaban J connectivity index is 2.44. The van der Waals surface area contributed by atoms with E-state index in [0.29, 0.717) is 0 Å². The molecule has 0 aromatic heterocycles. The Morgan fingerprint density at radius 2 is 2.00 bits per heavy atom. The van der Waals surface area contributed by atoms with Gasteiger partial charge in [-0.15, -0.1) is 4.99 Å². The molecule has 1 aromatic carbocycles. The first kappa shape index (κ1) is 13.0. The maximum Gasteiger partial charge on any atom is 0.442 e. The molecule has 1 amide bonds. The van der Waals surface area contributed by atoms with E-state index in [-0.39, 0.29) is 12.7 Å². The Morgan fingerprint density at radius 1 is 1.35 bits per heavy atom. The molecule has 3 nitrogen and oxygen atoms in total. The maximum atomic E-state index is 11.6. The second-order valence-corrected chi connectivity index (χ2v) is 2.97. The zero-order chi connectivity index (χ0) is 12.7. The van der Waals surface area contributed by atoms with Crippen molar-refractivity contribution in [1.82, 2.24) is 0 Å². The number of hydrogen-bond donors (Lipinski definition) is 0. The van der Waals surface area contributed by atoms with Crippen LogP contribution in [0.4, 0.5) is 18.0 Å². The molecule has 0 spiro atoms. The molecule has 6 heteroatoms. The summed E-state index contributed by atoms with van der Waals surface area (Å²) in [5, 5.41) is 0. The van der Waals surface area contributed by atoms with Crippen LogP contribution in [-0.4, -0.2) is 18.1 Å². The third kappa shape index (κ3) is 6.17. The number of alkyl halides is 3. The van der Waals surface area contributed by atoms with E-state index in [2.05, 4.69) is 9.73 Å². The minimum absolute atomic E-state index is 0.0448. The number of aliphatic imine (C=N–C) groups is 1. The Morgan fingerprint density at radius 3 is 2.59 bits per heavy atom. The first-order valence-electron chi connectivity index (χ1n) is 4.55. The zero-order valence-corrected chi connectivity index (χ0v) is 8.57. The van der Waals surface area contributed by atoms with E-state index in [1.165, 1.54) is 5.87 Å². The van der Waals surface area contributed by atoms with Crippen LogP contribution >= 0.6 is 0 Å². The lowest BCUT2D eigenvalue weighted by molar-refractivity contribution is -0.0785. The second-order valence-electron chi connectivity index (χ2n) is 2.97. The van der Waals surface area contributed by atoms with E-state index < -0.39 is 12.3 Å². The average molecular weight is 243 g/mol. The zero-order valence-electron chi connectivity index (χ0n) is 8.57. The molecule has 0 unspecified atom stereocenters. The van der Waals surface area contributed by atoms with E-state index in [1.807, 2.05) is 0 Å². The van der Waals surface area contributed by atoms with Gasteiger partial charge < -0.3 is 4.74 Å². The molecule has 0 bridgehead atoms. The van der Waals surface area contributed by atoms with E-state index in [4.69, 9.17) is 0 Å². The van der Waals surface area contributed by atoms with Crippen LogP contribution in [0.5, 0.6) is 0 Å². The van der Waals surface area contributed by atoms with Crippen LogP contribution in [0.2, 0.25) is 0 Å². The Bertz CT molecular complexity index is 434. The van der Waals surface area contributed by atoms with Crippen molar-refractivity contribution in [2.45, 2.75) is 12.8 Å². The predicted molar refractivity (Wildman–Crippen MR) is 54.7 cm³/mol. The van der Waals surface area contributed by atoms with Gasteiger partial charge in [0.15, 0.2) is 0 Å². The van der Waals surface area contributed by atoms with Crippen molar-refractivity contribution in [1.29, 1.82) is 0 Å². The van der Waals surface area contributed by atoms with Crippen LogP contribution in [-0.2, 0) is 11.3 Å². The highest BCUT2D eigenvalue weighted by Gasteiger charge is 2.22. The molecule has 17 heavy (non-hydrogen) atoms. The quantitative estimate of drug-likeness (QED) is 0.748. The molecule has 0 N–H and O–H groups in total. The molecule has 1 aromatic rings. The normalized spacial score (nSPS) is 10.3. The van der Waals surface area contributed by atoms with E-state index in [9.17, 15) is 18.0 Å². The van der Waals surface area contributed by atoms with Crippen LogP contribution in [0.1, 0.15) is 5.56 Å². The van der Waals surface area contributed by atoms with Gasteiger partial charge in [-0.2, -0.15) is 13.2 Å². The van der Waals surface area contributed by atoms with Gasteiger partial charge >= 0.3 is 12.3 Å². The first-order chi connectivity index (χ1) is 7.97. The summed E-state index contributed by atoms with van der Waals surface area (Å²) >= 11 is 0. The van der Waals surface area contributed by atoms with E-state index >= 15 is 0 Å². The Hall–Kier alpha value is -2.07. The lowest BCUT2D eigenvalue weighted by Gasteiger charge is -1.99. The van der Waals surface area contributed by atoms with Crippen molar-refractivity contribution in [3.8, 4) is 0 Å². The molecule has 0 radical (unpaired) electrons. The van der Waals surface area contributed by atoms with Gasteiger partial charge in [-0.3, -0.25) is 0 Å². The maximum absolute atomic E-state index is 11.6. The van der Waals surface area contributed by atoms with E-state index in [0.717, 1.165) is 5.56 Å². The molecule has 0 atom stereocenters. The van der Waals surface area contributed by atoms with E-state index in [1.54, 1.807) is 30.3 Å². The molecular formula is C11H8F3NO2. The molecule has 0 saturated carbocycles. The second kappa shape index (κ2) is 5.86. The third-order valence-electron chi connectivity index (χ3n) is 1.59. The fourth-order valence-corrected chi connectivity index (χ4v) is 0.910. The lowest BCUT2D eigenvalue weighted by Crippen LogP contribution is -2.02. The van der Waals surface area contributed by atoms with Crippen molar-refractivity contribution >= 4 is 12.0 Å². The molecule has 1 rings (SSSR count). The van der Waals surface area contributed by atoms with Crippen LogP contribution in [0.15, 0.2) is 41.4 Å². The number of nitrogens with zero attached hydrogens (tertiary/aromatic N) is 1. The van der Waals surface area contributed by atoms with Gasteiger partial charge in [-0.05, 0) is 11.4 Å². The average Bonchev–Trinajstić information content (AvgIpc) is 2.26. The van der Waals surface area contributed by atoms with Crippen LogP contribution < -0.4 is 0 Å². The smallest absolute Gasteiger partial charge is 0.442 e. The number of benzene rings is 1. The van der Waals surface area contributed by atoms with Gasteiger partial charge in [0, 0.05) is 0 Å². The summed E-state index contributed by atoms with van der Waals surface area (Å²) in [7, 11) is 0. The summed E-state index contributed by atoms with van der Waals surface area (Å²) in [5.74, 6) is 1.46. The van der Waals surface area contributed by atoms with Crippen LogP contribution in [0.25, 0.3) is 0 Å². The standard InChI is InChI=1S/C11H8F3NO2/c12-11(13,14)6-7-15-10(16)17-8-9-4-2-1-3-5-9/h1-6H,8H2. The summed E-state index contributed by atoms with van der Waals surface area (Å²) < 4.78 is 39.5. The largest absolute Gasteiger partial charge is 0.443 e. The lowest BCUT2D eigenvalue weighted by atomic mass is 10.2. The minimum atomic E-state index is -4.54. The molecule has 0 aliphatic carbocycles. The number of ether oxygens (including phenoxy) is 1. The summed E-state index contributed by atoms with van der Waals surface area (Å²) in [4.78, 5) is 13.7. The highest BCUT2D eigenvalue weighted by Crippen LogP contribution is 2.13. The van der Waals surface area contributed by atoms with Crippen molar-refractivity contribution in [3.63, 3.8) is 0 Å². The fraction of sp³-hybridized carbons (Fsp3) is 0.182. The number of carbonyl (C=O) groups excluding carboxylic acids is 1. The first-order valence-corrected chi connectivity index (χ1v) is 4.55. The number of rotatable bonds is 2. The summed E-state index contributed by atoms with van der Waals surface area (Å²) in [6.45, 7) is -0.0448. The van der Waals surface area contributed by atoms with Crippen LogP contribution in [0, 0.1) is 0 Å². The molecule has 0 fully saturated rings. The van der Waals surface area contributed by atoms with Gasteiger partial charge in [0.25, 0.3) is 0 Å². The number of hydrogen-bond acceptors (Lipinski definition) is 2. The number of halogens is 3. The van der Waals surface area contributed by atoms with Gasteiger partial charge in [-0.1, -0.05) is 30.3 Å². The molecule has 90 valence electrons. The monoisotopic (exact) mass is 243 g/mol. The highest BCUT2D eigenvalue weighted by atomic mass is 19.4. The molecule has 0 aliphatic heterocycles. The van der Waals surface area contributed by atoms with Crippen molar-refractivity contribution in [3.05, 3.63) is 42.0 Å². The Kier molecular flexibility index (Phi) is 4.48. The van der Waals surface area contributed by atoms with Gasteiger partial charge in [0.05, 0.1) is 6.08 Å². The topological polar surface area (TPSA) is 38.7 Å². The van der Waals surface area contributed by atoms with Gasteiger partial charge in [0.1, 0.15) is 6.61 Å². The number of allylic oxidation sites excluding steroid dienone is 1. The predicted octanol–water partition coefficient (Wildman–Crippen LogP) is 3.11. The van der Waals surface area contributed by atoms with Gasteiger partial charge in [-0.25, -0.2) is 4.79 Å². The highest BCUT2D eigenvalue weighted by molar-refractivity contribution is 5.77. The molecular weight excluding hydrogens is 235 g/mol. The van der Waals surface area contributed by atoms with Crippen molar-refractivity contribution in [2.24, 2.45) is 4.99 Å². The fourth-order valence-electron chi connectivity index (χ4n) is 0.910. The molecule has 0 aliphatic rings. The van der Waals surface area contributed by atoms with Crippen LogP contribution in [0.3, 0.4) is 0 Å². The SMILES string of the molecule is O=C(N=C=CC(F)(F)F)OCc1ccccc1. The number of carbonyl (C=O) groups is 1.